The Morgan fingerprint density at radius 1 is 1.29 bits per heavy atom. The predicted molar refractivity (Wildman–Crippen MR) is 105 cm³/mol. The van der Waals surface area contributed by atoms with Gasteiger partial charge < -0.3 is 14.8 Å². The average molecular weight is 372 g/mol. The molecule has 2 aromatic heterocycles. The van der Waals surface area contributed by atoms with E-state index in [1.807, 2.05) is 17.2 Å². The first-order chi connectivity index (χ1) is 13.6. The topological polar surface area (TPSA) is 88.9 Å². The number of nitrogens with one attached hydrogen (secondary N) is 1. The van der Waals surface area contributed by atoms with E-state index in [-0.39, 0.29) is 17.4 Å². The molecule has 140 valence electrons. The average Bonchev–Trinajstić information content (AvgIpc) is 3.16. The number of benzene rings is 1. The largest absolute Gasteiger partial charge is 0.354 e. The third kappa shape index (κ3) is 2.53. The zero-order chi connectivity index (χ0) is 19.3. The van der Waals surface area contributed by atoms with Gasteiger partial charge in [0.05, 0.1) is 23.1 Å². The second-order valence-electron chi connectivity index (χ2n) is 7.80. The second kappa shape index (κ2) is 6.06. The Morgan fingerprint density at radius 3 is 2.79 bits per heavy atom. The number of amides is 1. The molecule has 1 aliphatic carbocycles. The van der Waals surface area contributed by atoms with E-state index in [1.54, 1.807) is 30.6 Å². The molecule has 0 radical (unpaired) electrons. The van der Waals surface area contributed by atoms with Gasteiger partial charge in [-0.3, -0.25) is 4.79 Å². The summed E-state index contributed by atoms with van der Waals surface area (Å²) in [5.74, 6) is 0.927. The number of hydrogen-bond acceptors (Lipinski definition) is 5. The first-order valence-electron chi connectivity index (χ1n) is 9.42. The standard InChI is InChI=1S/C21H20N6O/c1-26(19-16-6-9-23-18(16)24-13-25-19)17-11-27(12-21(17)7-8-21)20(28)15-4-2-14(10-22)3-5-15/h2-6,9,13,17H,7-8,11-12H2,1H3,(H,23,24,25). The van der Waals surface area contributed by atoms with Crippen molar-refractivity contribution in [3.63, 3.8) is 0 Å². The molecule has 1 unspecified atom stereocenters. The van der Waals surface area contributed by atoms with Gasteiger partial charge in [-0.2, -0.15) is 5.26 Å². The molecule has 1 aromatic carbocycles. The number of carbonyl (C=O) groups excluding carboxylic acids is 1. The number of fused-ring (bicyclic) bond motifs is 1. The molecule has 1 amide bonds. The van der Waals surface area contributed by atoms with Crippen molar-refractivity contribution >= 4 is 22.8 Å². The molecule has 3 aromatic rings. The Morgan fingerprint density at radius 2 is 2.07 bits per heavy atom. The van der Waals surface area contributed by atoms with Gasteiger partial charge in [-0.05, 0) is 43.2 Å². The van der Waals surface area contributed by atoms with E-state index in [4.69, 9.17) is 5.26 Å². The molecule has 1 N–H and O–H groups in total. The fourth-order valence-corrected chi connectivity index (χ4v) is 4.45. The van der Waals surface area contributed by atoms with Gasteiger partial charge in [0, 0.05) is 37.3 Å². The number of likely N-dealkylation sites (tertiary alicyclic amines) is 1. The highest BCUT2D eigenvalue weighted by molar-refractivity contribution is 5.95. The molecule has 0 bridgehead atoms. The van der Waals surface area contributed by atoms with E-state index < -0.39 is 0 Å². The van der Waals surface area contributed by atoms with Crippen molar-refractivity contribution in [1.82, 2.24) is 19.9 Å². The molecule has 7 nitrogen and oxygen atoms in total. The summed E-state index contributed by atoms with van der Waals surface area (Å²) in [6, 6.07) is 11.2. The smallest absolute Gasteiger partial charge is 0.253 e. The first-order valence-corrected chi connectivity index (χ1v) is 9.42. The third-order valence-electron chi connectivity index (χ3n) is 6.18. The predicted octanol–water partition coefficient (Wildman–Crippen LogP) is 2.57. The number of hydrogen-bond donors (Lipinski definition) is 1. The lowest BCUT2D eigenvalue weighted by molar-refractivity contribution is 0.0784. The maximum Gasteiger partial charge on any atom is 0.253 e. The van der Waals surface area contributed by atoms with Crippen molar-refractivity contribution in [2.75, 3.05) is 25.0 Å². The van der Waals surface area contributed by atoms with Crippen LogP contribution in [0.3, 0.4) is 0 Å². The van der Waals surface area contributed by atoms with Crippen LogP contribution in [0.4, 0.5) is 5.82 Å². The van der Waals surface area contributed by atoms with Crippen molar-refractivity contribution in [3.05, 3.63) is 54.0 Å². The molecule has 7 heteroatoms. The fourth-order valence-electron chi connectivity index (χ4n) is 4.45. The van der Waals surface area contributed by atoms with E-state index in [9.17, 15) is 4.79 Å². The highest BCUT2D eigenvalue weighted by atomic mass is 16.2. The van der Waals surface area contributed by atoms with Gasteiger partial charge in [0.15, 0.2) is 0 Å². The van der Waals surface area contributed by atoms with E-state index in [0.29, 0.717) is 17.7 Å². The molecule has 28 heavy (non-hydrogen) atoms. The van der Waals surface area contributed by atoms with Crippen LogP contribution in [0.25, 0.3) is 11.0 Å². The second-order valence-corrected chi connectivity index (χ2v) is 7.80. The van der Waals surface area contributed by atoms with Crippen molar-refractivity contribution < 1.29 is 4.79 Å². The van der Waals surface area contributed by atoms with Crippen LogP contribution in [0.2, 0.25) is 0 Å². The summed E-state index contributed by atoms with van der Waals surface area (Å²) in [7, 11) is 2.06. The molecule has 2 fully saturated rings. The highest BCUT2D eigenvalue weighted by Gasteiger charge is 2.57. The fraction of sp³-hybridized carbons (Fsp3) is 0.333. The van der Waals surface area contributed by atoms with Crippen molar-refractivity contribution in [1.29, 1.82) is 5.26 Å². The van der Waals surface area contributed by atoms with Crippen molar-refractivity contribution in [2.24, 2.45) is 5.41 Å². The lowest BCUT2D eigenvalue weighted by atomic mass is 9.99. The number of H-pyrrole nitrogens is 1. The minimum atomic E-state index is 0.0288. The summed E-state index contributed by atoms with van der Waals surface area (Å²) in [5, 5.41) is 9.95. The highest BCUT2D eigenvalue weighted by Crippen LogP contribution is 2.55. The summed E-state index contributed by atoms with van der Waals surface area (Å²) < 4.78 is 0. The molecular weight excluding hydrogens is 352 g/mol. The van der Waals surface area contributed by atoms with Crippen LogP contribution in [0.1, 0.15) is 28.8 Å². The van der Waals surface area contributed by atoms with Gasteiger partial charge in [-0.25, -0.2) is 9.97 Å². The van der Waals surface area contributed by atoms with Gasteiger partial charge in [0.1, 0.15) is 17.8 Å². The molecule has 1 saturated heterocycles. The Balaban J connectivity index is 1.41. The Bertz CT molecular complexity index is 1090. The summed E-state index contributed by atoms with van der Waals surface area (Å²) in [5.41, 5.74) is 2.16. The van der Waals surface area contributed by atoms with Crippen molar-refractivity contribution in [3.8, 4) is 6.07 Å². The van der Waals surface area contributed by atoms with Crippen molar-refractivity contribution in [2.45, 2.75) is 18.9 Å². The minimum Gasteiger partial charge on any atom is -0.354 e. The minimum absolute atomic E-state index is 0.0288. The molecular formula is C21H20N6O. The summed E-state index contributed by atoms with van der Waals surface area (Å²) in [6.07, 6.45) is 5.71. The number of aromatic nitrogens is 3. The zero-order valence-electron chi connectivity index (χ0n) is 15.6. The van der Waals surface area contributed by atoms with Gasteiger partial charge >= 0.3 is 0 Å². The van der Waals surface area contributed by atoms with Crippen LogP contribution in [0.5, 0.6) is 0 Å². The van der Waals surface area contributed by atoms with Crippen LogP contribution in [0, 0.1) is 16.7 Å². The Kier molecular flexibility index (Phi) is 3.63. The van der Waals surface area contributed by atoms with Crippen LogP contribution in [0.15, 0.2) is 42.9 Å². The molecule has 1 aliphatic heterocycles. The van der Waals surface area contributed by atoms with E-state index in [2.05, 4.69) is 33.0 Å². The van der Waals surface area contributed by atoms with Crippen LogP contribution in [-0.2, 0) is 0 Å². The number of aromatic amines is 1. The van der Waals surface area contributed by atoms with Crippen LogP contribution >= 0.6 is 0 Å². The van der Waals surface area contributed by atoms with E-state index in [0.717, 1.165) is 36.2 Å². The Hall–Kier alpha value is -3.40. The van der Waals surface area contributed by atoms with Gasteiger partial charge in [0.25, 0.3) is 5.91 Å². The molecule has 1 atom stereocenters. The summed E-state index contributed by atoms with van der Waals surface area (Å²) in [6.45, 7) is 1.44. The summed E-state index contributed by atoms with van der Waals surface area (Å²) in [4.78, 5) is 29.1. The monoisotopic (exact) mass is 372 g/mol. The maximum atomic E-state index is 13.0. The van der Waals surface area contributed by atoms with Gasteiger partial charge in [0.2, 0.25) is 0 Å². The van der Waals surface area contributed by atoms with Gasteiger partial charge in [-0.15, -0.1) is 0 Å². The first kappa shape index (κ1) is 16.8. The number of nitriles is 1. The SMILES string of the molecule is CN(c1ncnc2[nH]ccc12)C1CN(C(=O)c2ccc(C#N)cc2)CC12CC2. The number of rotatable bonds is 3. The number of anilines is 1. The zero-order valence-corrected chi connectivity index (χ0v) is 15.6. The normalized spacial score (nSPS) is 19.7. The summed E-state index contributed by atoms with van der Waals surface area (Å²) >= 11 is 0. The molecule has 2 aliphatic rings. The number of nitrogens with zero attached hydrogens (tertiary/aromatic N) is 5. The Labute approximate surface area is 162 Å². The van der Waals surface area contributed by atoms with Gasteiger partial charge in [-0.1, -0.05) is 0 Å². The van der Waals surface area contributed by atoms with Crippen LogP contribution < -0.4 is 4.90 Å². The number of carbonyl (C=O) groups is 1. The molecule has 1 saturated carbocycles. The van der Waals surface area contributed by atoms with Crippen LogP contribution in [-0.4, -0.2) is 51.9 Å². The maximum absolute atomic E-state index is 13.0. The molecule has 5 rings (SSSR count). The quantitative estimate of drug-likeness (QED) is 0.763. The van der Waals surface area contributed by atoms with E-state index >= 15 is 0 Å². The number of likely N-dealkylation sites (N-methyl/N-ethyl adjacent to an activating group) is 1. The molecule has 1 spiro atoms. The lowest BCUT2D eigenvalue weighted by Crippen LogP contribution is -2.40. The molecule has 3 heterocycles. The third-order valence-corrected chi connectivity index (χ3v) is 6.18. The van der Waals surface area contributed by atoms with E-state index in [1.165, 1.54) is 0 Å². The lowest BCUT2D eigenvalue weighted by Gasteiger charge is -2.30.